The summed E-state index contributed by atoms with van der Waals surface area (Å²) in [5.74, 6) is -0.339. The van der Waals surface area contributed by atoms with Crippen molar-refractivity contribution in [3.05, 3.63) is 58.4 Å². The summed E-state index contributed by atoms with van der Waals surface area (Å²) in [5, 5.41) is 2.29. The van der Waals surface area contributed by atoms with Crippen molar-refractivity contribution in [1.82, 2.24) is 4.98 Å². The Balaban J connectivity index is 2.21. The topological polar surface area (TPSA) is 59.2 Å². The van der Waals surface area contributed by atoms with Crippen LogP contribution in [-0.4, -0.2) is 17.6 Å². The van der Waals surface area contributed by atoms with E-state index in [1.165, 1.54) is 0 Å². The Morgan fingerprint density at radius 2 is 1.86 bits per heavy atom. The number of H-pyrrole nitrogens is 1. The lowest BCUT2D eigenvalue weighted by Crippen LogP contribution is -2.08. The molecule has 1 N–H and O–H groups in total. The highest BCUT2D eigenvalue weighted by Crippen LogP contribution is 2.22. The third-order valence-electron chi connectivity index (χ3n) is 3.40. The van der Waals surface area contributed by atoms with Gasteiger partial charge in [-0.15, -0.1) is 0 Å². The first-order chi connectivity index (χ1) is 10.2. The number of aromatic amines is 1. The first kappa shape index (κ1) is 13.4. The van der Waals surface area contributed by atoms with Crippen molar-refractivity contribution in [2.24, 2.45) is 0 Å². The number of hydrogen-bond donors (Lipinski definition) is 1. The first-order valence-electron chi connectivity index (χ1n) is 6.92. The lowest BCUT2D eigenvalue weighted by molar-refractivity contribution is 0.0505. The van der Waals surface area contributed by atoms with Crippen LogP contribution in [0.25, 0.3) is 21.7 Å². The fourth-order valence-corrected chi connectivity index (χ4v) is 2.39. The number of carbonyl (C=O) groups excluding carboxylic acids is 1. The molecule has 0 aliphatic carbocycles. The first-order valence-corrected chi connectivity index (χ1v) is 6.92. The number of aromatic nitrogens is 1. The zero-order valence-electron chi connectivity index (χ0n) is 11.7. The summed E-state index contributed by atoms with van der Waals surface area (Å²) >= 11 is 0. The molecule has 0 bridgehead atoms. The molecule has 0 radical (unpaired) electrons. The third kappa shape index (κ3) is 2.40. The molecule has 2 aromatic carbocycles. The molecule has 0 saturated carbocycles. The minimum absolute atomic E-state index is 0.126. The van der Waals surface area contributed by atoms with Gasteiger partial charge in [0.1, 0.15) is 0 Å². The molecule has 0 unspecified atom stereocenters. The van der Waals surface area contributed by atoms with Gasteiger partial charge in [0.15, 0.2) is 0 Å². The van der Waals surface area contributed by atoms with E-state index in [9.17, 15) is 9.59 Å². The van der Waals surface area contributed by atoms with Gasteiger partial charge >= 0.3 is 5.97 Å². The number of hydrogen-bond acceptors (Lipinski definition) is 3. The van der Waals surface area contributed by atoms with E-state index < -0.39 is 0 Å². The van der Waals surface area contributed by atoms with Gasteiger partial charge in [-0.05, 0) is 36.1 Å². The second-order valence-corrected chi connectivity index (χ2v) is 4.90. The second-order valence-electron chi connectivity index (χ2n) is 4.90. The Morgan fingerprint density at radius 3 is 2.62 bits per heavy atom. The number of esters is 1. The van der Waals surface area contributed by atoms with Crippen LogP contribution in [0.4, 0.5) is 0 Å². The number of pyridine rings is 1. The average molecular weight is 281 g/mol. The van der Waals surface area contributed by atoms with E-state index in [4.69, 9.17) is 4.74 Å². The van der Waals surface area contributed by atoms with Gasteiger partial charge in [-0.1, -0.05) is 25.1 Å². The largest absolute Gasteiger partial charge is 0.462 e. The van der Waals surface area contributed by atoms with Crippen LogP contribution in [0.3, 0.4) is 0 Å². The summed E-state index contributed by atoms with van der Waals surface area (Å²) in [5.41, 5.74) is 1.08. The minimum atomic E-state index is -0.339. The molecule has 0 atom stereocenters. The normalized spacial score (nSPS) is 10.9. The molecule has 0 saturated heterocycles. The molecular formula is C17H15NO3. The van der Waals surface area contributed by atoms with Crippen molar-refractivity contribution < 1.29 is 9.53 Å². The van der Waals surface area contributed by atoms with Crippen molar-refractivity contribution in [2.45, 2.75) is 13.3 Å². The van der Waals surface area contributed by atoms with E-state index in [1.807, 2.05) is 25.1 Å². The van der Waals surface area contributed by atoms with Gasteiger partial charge in [-0.2, -0.15) is 0 Å². The number of fused-ring (bicyclic) bond motifs is 3. The monoisotopic (exact) mass is 281 g/mol. The highest BCUT2D eigenvalue weighted by molar-refractivity contribution is 6.07. The number of benzene rings is 2. The Morgan fingerprint density at radius 1 is 1.10 bits per heavy atom. The second kappa shape index (κ2) is 5.40. The number of nitrogens with one attached hydrogen (secondary N) is 1. The maximum Gasteiger partial charge on any atom is 0.338 e. The minimum Gasteiger partial charge on any atom is -0.462 e. The highest BCUT2D eigenvalue weighted by Gasteiger charge is 2.10. The Kier molecular flexibility index (Phi) is 3.44. The quantitative estimate of drug-likeness (QED) is 0.592. The van der Waals surface area contributed by atoms with E-state index in [1.54, 1.807) is 24.3 Å². The Hall–Kier alpha value is -2.62. The summed E-state index contributed by atoms with van der Waals surface area (Å²) in [6.07, 6.45) is 0.787. The molecule has 0 fully saturated rings. The van der Waals surface area contributed by atoms with E-state index in [0.717, 1.165) is 17.2 Å². The molecule has 0 aliphatic heterocycles. The summed E-state index contributed by atoms with van der Waals surface area (Å²) in [6.45, 7) is 2.36. The van der Waals surface area contributed by atoms with E-state index in [2.05, 4.69) is 4.98 Å². The SMILES string of the molecule is CCCOC(=O)c1ccc2[nH]c(=O)c3ccccc3c2c1. The predicted octanol–water partition coefficient (Wildman–Crippen LogP) is 3.25. The molecule has 1 heterocycles. The zero-order chi connectivity index (χ0) is 14.8. The number of carbonyl (C=O) groups is 1. The molecule has 1 aromatic heterocycles. The maximum absolute atomic E-state index is 12.0. The average Bonchev–Trinajstić information content (AvgIpc) is 2.52. The third-order valence-corrected chi connectivity index (χ3v) is 3.40. The van der Waals surface area contributed by atoms with Crippen LogP contribution in [-0.2, 0) is 4.74 Å². The van der Waals surface area contributed by atoms with Crippen LogP contribution in [0, 0.1) is 0 Å². The van der Waals surface area contributed by atoms with Gasteiger partial charge in [0.2, 0.25) is 0 Å². The van der Waals surface area contributed by atoms with E-state index in [-0.39, 0.29) is 11.5 Å². The molecule has 0 spiro atoms. The van der Waals surface area contributed by atoms with Crippen LogP contribution in [0.15, 0.2) is 47.3 Å². The lowest BCUT2D eigenvalue weighted by atomic mass is 10.0. The fourth-order valence-electron chi connectivity index (χ4n) is 2.39. The number of ether oxygens (including phenoxy) is 1. The van der Waals surface area contributed by atoms with Gasteiger partial charge in [0.25, 0.3) is 5.56 Å². The van der Waals surface area contributed by atoms with Gasteiger partial charge in [0, 0.05) is 16.3 Å². The molecule has 4 heteroatoms. The molecular weight excluding hydrogens is 266 g/mol. The summed E-state index contributed by atoms with van der Waals surface area (Å²) < 4.78 is 5.15. The molecule has 0 amide bonds. The van der Waals surface area contributed by atoms with Crippen LogP contribution >= 0.6 is 0 Å². The van der Waals surface area contributed by atoms with E-state index in [0.29, 0.717) is 23.1 Å². The summed E-state index contributed by atoms with van der Waals surface area (Å²) in [6, 6.07) is 12.5. The van der Waals surface area contributed by atoms with Crippen molar-refractivity contribution in [3.63, 3.8) is 0 Å². The van der Waals surface area contributed by atoms with Gasteiger partial charge in [-0.25, -0.2) is 4.79 Å². The van der Waals surface area contributed by atoms with Gasteiger partial charge < -0.3 is 9.72 Å². The Bertz CT molecular complexity index is 880. The van der Waals surface area contributed by atoms with Crippen molar-refractivity contribution in [2.75, 3.05) is 6.61 Å². The van der Waals surface area contributed by atoms with Crippen molar-refractivity contribution in [3.8, 4) is 0 Å². The highest BCUT2D eigenvalue weighted by atomic mass is 16.5. The Labute approximate surface area is 121 Å². The van der Waals surface area contributed by atoms with Crippen LogP contribution in [0.2, 0.25) is 0 Å². The lowest BCUT2D eigenvalue weighted by Gasteiger charge is -2.07. The summed E-state index contributed by atoms with van der Waals surface area (Å²) in [7, 11) is 0. The maximum atomic E-state index is 12.0. The molecule has 106 valence electrons. The van der Waals surface area contributed by atoms with Crippen LogP contribution in [0.1, 0.15) is 23.7 Å². The van der Waals surface area contributed by atoms with Crippen LogP contribution in [0.5, 0.6) is 0 Å². The standard InChI is InChI=1S/C17H15NO3/c1-2-9-21-17(20)11-7-8-15-14(10-11)12-5-3-4-6-13(12)16(19)18-15/h3-8,10H,2,9H2,1H3,(H,18,19). The molecule has 3 rings (SSSR count). The smallest absolute Gasteiger partial charge is 0.338 e. The molecule has 0 aliphatic rings. The summed E-state index contributed by atoms with van der Waals surface area (Å²) in [4.78, 5) is 26.8. The van der Waals surface area contributed by atoms with Crippen molar-refractivity contribution in [1.29, 1.82) is 0 Å². The zero-order valence-corrected chi connectivity index (χ0v) is 11.7. The van der Waals surface area contributed by atoms with Gasteiger partial charge in [0.05, 0.1) is 12.2 Å². The van der Waals surface area contributed by atoms with Crippen LogP contribution < -0.4 is 5.56 Å². The predicted molar refractivity (Wildman–Crippen MR) is 82.6 cm³/mol. The molecule has 3 aromatic rings. The van der Waals surface area contributed by atoms with Gasteiger partial charge in [-0.3, -0.25) is 4.79 Å². The molecule has 21 heavy (non-hydrogen) atoms. The molecule has 4 nitrogen and oxygen atoms in total. The van der Waals surface area contributed by atoms with Crippen molar-refractivity contribution >= 4 is 27.6 Å². The number of rotatable bonds is 3. The van der Waals surface area contributed by atoms with E-state index >= 15 is 0 Å². The fraction of sp³-hybridized carbons (Fsp3) is 0.176.